The molecule has 0 bridgehead atoms. The Morgan fingerprint density at radius 1 is 1.33 bits per heavy atom. The van der Waals surface area contributed by atoms with Gasteiger partial charge < -0.3 is 26.2 Å². The van der Waals surface area contributed by atoms with Crippen LogP contribution < -0.4 is 34.9 Å². The van der Waals surface area contributed by atoms with E-state index in [1.165, 1.54) is 4.91 Å². The van der Waals surface area contributed by atoms with Gasteiger partial charge in [-0.25, -0.2) is 4.79 Å². The van der Waals surface area contributed by atoms with Crippen molar-refractivity contribution in [2.24, 2.45) is 5.11 Å². The first-order chi connectivity index (χ1) is 11.0. The van der Waals surface area contributed by atoms with Gasteiger partial charge in [-0.15, -0.1) is 0 Å². The van der Waals surface area contributed by atoms with E-state index in [-0.39, 0.29) is 48.8 Å². The Balaban J connectivity index is 0.00000123. The van der Waals surface area contributed by atoms with Gasteiger partial charge in [-0.05, 0) is 23.9 Å². The molecule has 122 valence electrons. The van der Waals surface area contributed by atoms with Gasteiger partial charge in [0.15, 0.2) is 0 Å². The van der Waals surface area contributed by atoms with Crippen LogP contribution in [0.2, 0.25) is 0 Å². The zero-order valence-corrected chi connectivity index (χ0v) is 15.2. The fourth-order valence-electron chi connectivity index (χ4n) is 2.18. The predicted octanol–water partition coefficient (Wildman–Crippen LogP) is -0.0133. The first-order valence-electron chi connectivity index (χ1n) is 6.72. The van der Waals surface area contributed by atoms with Gasteiger partial charge in [0.05, 0.1) is 12.1 Å². The molecule has 0 unspecified atom stereocenters. The summed E-state index contributed by atoms with van der Waals surface area (Å²) in [6.45, 7) is 0.239. The number of carbonyl (C=O) groups is 1. The molecule has 0 spiro atoms. The SMILES string of the molecule is [N-]=[N+]=NCC1(O)CC(NC(=O)OCc2ccccc2)C1.[N-]=[N+]=[N-].[Na+]. The summed E-state index contributed by atoms with van der Waals surface area (Å²) in [4.78, 5) is 15.7. The molecule has 1 aliphatic carbocycles. The Morgan fingerprint density at radius 2 is 1.92 bits per heavy atom. The number of amides is 1. The number of hydrogen-bond acceptors (Lipinski definition) is 4. The third-order valence-corrected chi connectivity index (χ3v) is 3.22. The molecule has 0 heterocycles. The van der Waals surface area contributed by atoms with Crippen LogP contribution in [0, 0.1) is 0 Å². The largest absolute Gasteiger partial charge is 1.00 e. The van der Waals surface area contributed by atoms with Gasteiger partial charge in [0, 0.05) is 11.0 Å². The number of azide groups is 1. The monoisotopic (exact) mass is 341 g/mol. The Labute approximate surface area is 160 Å². The van der Waals surface area contributed by atoms with E-state index in [1.807, 2.05) is 30.3 Å². The first kappa shape index (κ1) is 22.1. The molecule has 1 aromatic rings. The number of hydrogen-bond donors (Lipinski definition) is 2. The van der Waals surface area contributed by atoms with Gasteiger partial charge in [0.1, 0.15) is 6.61 Å². The maximum atomic E-state index is 11.5. The van der Waals surface area contributed by atoms with Crippen LogP contribution in [0.25, 0.3) is 26.4 Å². The fraction of sp³-hybridized carbons (Fsp3) is 0.462. The number of rotatable bonds is 5. The van der Waals surface area contributed by atoms with Crippen molar-refractivity contribution in [2.75, 3.05) is 6.54 Å². The van der Waals surface area contributed by atoms with Crippen LogP contribution in [-0.4, -0.2) is 29.4 Å². The standard InChI is InChI=1S/C13H16N4O3.N3.Na/c14-17-15-9-13(19)6-11(7-13)16-12(18)20-8-10-4-2-1-3-5-10;1-3-2;/h1-5,11,19H,6-9H2,(H,16,18);;/q;-1;+1. The summed E-state index contributed by atoms with van der Waals surface area (Å²) in [6, 6.07) is 9.24. The summed E-state index contributed by atoms with van der Waals surface area (Å²) in [7, 11) is 0. The zero-order valence-electron chi connectivity index (χ0n) is 13.2. The average molecular weight is 341 g/mol. The summed E-state index contributed by atoms with van der Waals surface area (Å²) in [6.07, 6.45) is 0.225. The fourth-order valence-corrected chi connectivity index (χ4v) is 2.18. The molecule has 0 aliphatic heterocycles. The van der Waals surface area contributed by atoms with Gasteiger partial charge in [0.2, 0.25) is 0 Å². The second kappa shape index (κ2) is 11.6. The van der Waals surface area contributed by atoms with E-state index in [9.17, 15) is 9.90 Å². The van der Waals surface area contributed by atoms with E-state index < -0.39 is 11.7 Å². The van der Waals surface area contributed by atoms with E-state index in [1.54, 1.807) is 0 Å². The quantitative estimate of drug-likeness (QED) is 0.333. The van der Waals surface area contributed by atoms with Crippen LogP contribution in [0.3, 0.4) is 0 Å². The van der Waals surface area contributed by atoms with Crippen LogP contribution in [0.1, 0.15) is 18.4 Å². The third kappa shape index (κ3) is 8.07. The maximum absolute atomic E-state index is 11.5. The molecule has 1 fully saturated rings. The van der Waals surface area contributed by atoms with Crippen LogP contribution in [-0.2, 0) is 11.3 Å². The molecule has 10 nitrogen and oxygen atoms in total. The molecule has 0 aromatic heterocycles. The number of ether oxygens (including phenoxy) is 1. The van der Waals surface area contributed by atoms with Gasteiger partial charge in [0.25, 0.3) is 0 Å². The Hall–Kier alpha value is -1.93. The topological polar surface area (TPSA) is 166 Å². The van der Waals surface area contributed by atoms with Gasteiger partial charge in [-0.1, -0.05) is 35.4 Å². The summed E-state index contributed by atoms with van der Waals surface area (Å²) in [5.41, 5.74) is 21.6. The van der Waals surface area contributed by atoms with Crippen molar-refractivity contribution in [2.45, 2.75) is 31.1 Å². The van der Waals surface area contributed by atoms with Gasteiger partial charge in [-0.3, -0.25) is 4.91 Å². The normalized spacial score (nSPS) is 20.5. The van der Waals surface area contributed by atoms with Crippen molar-refractivity contribution in [3.63, 3.8) is 0 Å². The predicted molar refractivity (Wildman–Crippen MR) is 81.8 cm³/mol. The van der Waals surface area contributed by atoms with Crippen molar-refractivity contribution in [1.29, 1.82) is 0 Å². The smallest absolute Gasteiger partial charge is 0.445 e. The van der Waals surface area contributed by atoms with Crippen molar-refractivity contribution >= 4 is 6.09 Å². The Morgan fingerprint density at radius 3 is 2.46 bits per heavy atom. The van der Waals surface area contributed by atoms with Crippen molar-refractivity contribution in [3.05, 3.63) is 62.3 Å². The molecule has 0 radical (unpaired) electrons. The Bertz CT molecular complexity index is 595. The van der Waals surface area contributed by atoms with Gasteiger partial charge in [-0.2, -0.15) is 0 Å². The first-order valence-corrected chi connectivity index (χ1v) is 6.72. The number of carbonyl (C=O) groups excluding carboxylic acids is 1. The summed E-state index contributed by atoms with van der Waals surface area (Å²) < 4.78 is 5.07. The van der Waals surface area contributed by atoms with Crippen molar-refractivity contribution in [1.82, 2.24) is 5.32 Å². The molecule has 11 heteroatoms. The summed E-state index contributed by atoms with van der Waals surface area (Å²) in [5.74, 6) is 0. The molecule has 1 aliphatic rings. The third-order valence-electron chi connectivity index (χ3n) is 3.22. The van der Waals surface area contributed by atoms with Crippen molar-refractivity contribution in [3.8, 4) is 0 Å². The van der Waals surface area contributed by atoms with E-state index in [4.69, 9.17) is 21.3 Å². The summed E-state index contributed by atoms with van der Waals surface area (Å²) in [5, 5.41) is 15.9. The second-order valence-electron chi connectivity index (χ2n) is 5.01. The molecular formula is C13H16N7NaO3. The van der Waals surface area contributed by atoms with E-state index in [0.29, 0.717) is 12.8 Å². The molecule has 1 aromatic carbocycles. The number of alkyl carbamates (subject to hydrolysis) is 1. The number of aliphatic hydroxyl groups is 1. The van der Waals surface area contributed by atoms with Crippen LogP contribution in [0.15, 0.2) is 35.4 Å². The molecule has 24 heavy (non-hydrogen) atoms. The molecule has 0 atom stereocenters. The minimum absolute atomic E-state index is 0. The minimum atomic E-state index is -0.996. The Kier molecular flexibility index (Phi) is 10.7. The number of nitrogens with zero attached hydrogens (tertiary/aromatic N) is 6. The van der Waals surface area contributed by atoms with Gasteiger partial charge >= 0.3 is 35.7 Å². The van der Waals surface area contributed by atoms with Crippen LogP contribution >= 0.6 is 0 Å². The molecule has 0 saturated heterocycles. The molecule has 1 amide bonds. The van der Waals surface area contributed by atoms with Crippen LogP contribution in [0.4, 0.5) is 4.79 Å². The molecule has 1 saturated carbocycles. The molecule has 2 rings (SSSR count). The minimum Gasteiger partial charge on any atom is -0.445 e. The number of benzene rings is 1. The van der Waals surface area contributed by atoms with Crippen LogP contribution in [0.5, 0.6) is 0 Å². The molecule has 2 N–H and O–H groups in total. The van der Waals surface area contributed by atoms with Crippen molar-refractivity contribution < 1.29 is 44.2 Å². The van der Waals surface area contributed by atoms with E-state index in [2.05, 4.69) is 15.3 Å². The van der Waals surface area contributed by atoms with E-state index in [0.717, 1.165) is 5.56 Å². The molecular weight excluding hydrogens is 325 g/mol. The zero-order chi connectivity index (χ0) is 17.1. The maximum Gasteiger partial charge on any atom is 1.00 e. The second-order valence-corrected chi connectivity index (χ2v) is 5.01. The number of nitrogens with one attached hydrogen (secondary N) is 1. The van der Waals surface area contributed by atoms with E-state index >= 15 is 0 Å². The average Bonchev–Trinajstić information content (AvgIpc) is 2.51. The summed E-state index contributed by atoms with van der Waals surface area (Å²) >= 11 is 0.